The molecule has 0 spiro atoms. The standard InChI is InChI=1S/C20H27N7O2S/c1-3-5-10-26-17-15(18(28)22-19(26)29)25(4-2)14(21-17)11-30-20-24-23-16(12-6-7-12)27(20)13-8-9-13/h12-13H,3-11H2,1-2H3,(H,22,28,29). The fourth-order valence-electron chi connectivity index (χ4n) is 4.00. The van der Waals surface area contributed by atoms with Crippen LogP contribution in [-0.4, -0.2) is 33.9 Å². The van der Waals surface area contributed by atoms with Crippen LogP contribution in [0.25, 0.3) is 11.2 Å². The zero-order valence-corrected chi connectivity index (χ0v) is 18.2. The average molecular weight is 430 g/mol. The monoisotopic (exact) mass is 429 g/mol. The first kappa shape index (κ1) is 19.6. The second kappa shape index (κ2) is 7.72. The van der Waals surface area contributed by atoms with E-state index >= 15 is 0 Å². The van der Waals surface area contributed by atoms with Crippen molar-refractivity contribution >= 4 is 22.9 Å². The van der Waals surface area contributed by atoms with Gasteiger partial charge in [-0.15, -0.1) is 10.2 Å². The van der Waals surface area contributed by atoms with E-state index < -0.39 is 0 Å². The minimum Gasteiger partial charge on any atom is -0.322 e. The summed E-state index contributed by atoms with van der Waals surface area (Å²) in [5.41, 5.74) is 0.206. The number of aromatic amines is 1. The summed E-state index contributed by atoms with van der Waals surface area (Å²) in [6, 6.07) is 0.533. The molecular formula is C20H27N7O2S. The second-order valence-electron chi connectivity index (χ2n) is 8.21. The van der Waals surface area contributed by atoms with Gasteiger partial charge in [0.25, 0.3) is 5.56 Å². The summed E-state index contributed by atoms with van der Waals surface area (Å²) >= 11 is 1.62. The van der Waals surface area contributed by atoms with Crippen molar-refractivity contribution in [1.29, 1.82) is 0 Å². The number of aryl methyl sites for hydroxylation is 2. The van der Waals surface area contributed by atoms with Gasteiger partial charge in [0.15, 0.2) is 16.3 Å². The Labute approximate surface area is 177 Å². The number of rotatable bonds is 9. The summed E-state index contributed by atoms with van der Waals surface area (Å²) in [5, 5.41) is 9.88. The Morgan fingerprint density at radius 2 is 1.90 bits per heavy atom. The maximum Gasteiger partial charge on any atom is 0.330 e. The van der Waals surface area contributed by atoms with Gasteiger partial charge in [0.1, 0.15) is 11.6 Å². The topological polar surface area (TPSA) is 103 Å². The third-order valence-corrected chi connectivity index (χ3v) is 6.83. The number of imidazole rings is 1. The number of hydrogen-bond donors (Lipinski definition) is 1. The second-order valence-corrected chi connectivity index (χ2v) is 9.16. The van der Waals surface area contributed by atoms with Crippen molar-refractivity contribution in [2.45, 2.75) is 88.3 Å². The first-order chi connectivity index (χ1) is 14.6. The molecule has 3 heterocycles. The lowest BCUT2D eigenvalue weighted by molar-refractivity contribution is 0.613. The third kappa shape index (κ3) is 3.40. The van der Waals surface area contributed by atoms with E-state index in [1.54, 1.807) is 16.3 Å². The Morgan fingerprint density at radius 3 is 2.57 bits per heavy atom. The van der Waals surface area contributed by atoms with Crippen molar-refractivity contribution in [1.82, 2.24) is 33.9 Å². The lowest BCUT2D eigenvalue weighted by Gasteiger charge is -2.08. The van der Waals surface area contributed by atoms with E-state index in [4.69, 9.17) is 4.98 Å². The van der Waals surface area contributed by atoms with Gasteiger partial charge in [-0.2, -0.15) is 0 Å². The van der Waals surface area contributed by atoms with E-state index in [9.17, 15) is 9.59 Å². The SMILES string of the molecule is CCCCn1c(=O)[nH]c(=O)c2c1nc(CSc1nnc(C3CC3)n1C1CC1)n2CC. The Bertz CT molecular complexity index is 1200. The van der Waals surface area contributed by atoms with Crippen molar-refractivity contribution < 1.29 is 0 Å². The number of unbranched alkanes of at least 4 members (excludes halogenated alkanes) is 1. The van der Waals surface area contributed by atoms with E-state index in [1.165, 1.54) is 25.7 Å². The van der Waals surface area contributed by atoms with Crippen molar-refractivity contribution in [3.63, 3.8) is 0 Å². The van der Waals surface area contributed by atoms with Crippen LogP contribution in [0.15, 0.2) is 14.7 Å². The maximum atomic E-state index is 12.6. The Morgan fingerprint density at radius 1 is 1.10 bits per heavy atom. The van der Waals surface area contributed by atoms with E-state index in [-0.39, 0.29) is 11.2 Å². The summed E-state index contributed by atoms with van der Waals surface area (Å²) in [5.74, 6) is 3.07. The van der Waals surface area contributed by atoms with Gasteiger partial charge in [0, 0.05) is 25.0 Å². The molecule has 2 fully saturated rings. The fourth-order valence-corrected chi connectivity index (χ4v) is 4.96. The zero-order chi connectivity index (χ0) is 20.8. The van der Waals surface area contributed by atoms with Crippen LogP contribution in [0.1, 0.15) is 76.0 Å². The molecule has 9 nitrogen and oxygen atoms in total. The first-order valence-corrected chi connectivity index (χ1v) is 11.9. The number of hydrogen-bond acceptors (Lipinski definition) is 6. The lowest BCUT2D eigenvalue weighted by Crippen LogP contribution is -2.31. The van der Waals surface area contributed by atoms with Gasteiger partial charge in [0.05, 0.1) is 5.75 Å². The van der Waals surface area contributed by atoms with E-state index in [0.29, 0.717) is 42.0 Å². The molecule has 0 atom stereocenters. The predicted octanol–water partition coefficient (Wildman–Crippen LogP) is 2.80. The summed E-state index contributed by atoms with van der Waals surface area (Å²) in [7, 11) is 0. The van der Waals surface area contributed by atoms with Gasteiger partial charge in [-0.05, 0) is 39.0 Å². The number of H-pyrrole nitrogens is 1. The highest BCUT2D eigenvalue weighted by molar-refractivity contribution is 7.98. The molecule has 5 rings (SSSR count). The van der Waals surface area contributed by atoms with E-state index in [1.807, 2.05) is 11.5 Å². The Kier molecular flexibility index (Phi) is 5.04. The van der Waals surface area contributed by atoms with Crippen LogP contribution >= 0.6 is 11.8 Å². The molecule has 0 radical (unpaired) electrons. The number of nitrogens with zero attached hydrogens (tertiary/aromatic N) is 6. The Hall–Kier alpha value is -2.36. The maximum absolute atomic E-state index is 12.6. The lowest BCUT2D eigenvalue weighted by atomic mass is 10.3. The number of aromatic nitrogens is 7. The van der Waals surface area contributed by atoms with Crippen molar-refractivity contribution in [3.8, 4) is 0 Å². The van der Waals surface area contributed by atoms with Gasteiger partial charge in [0.2, 0.25) is 0 Å². The quantitative estimate of drug-likeness (QED) is 0.525. The number of nitrogens with one attached hydrogen (secondary N) is 1. The summed E-state index contributed by atoms with van der Waals surface area (Å²) < 4.78 is 5.84. The van der Waals surface area contributed by atoms with Crippen LogP contribution < -0.4 is 11.2 Å². The number of thioether (sulfide) groups is 1. The predicted molar refractivity (Wildman–Crippen MR) is 115 cm³/mol. The van der Waals surface area contributed by atoms with Gasteiger partial charge in [-0.3, -0.25) is 14.3 Å². The van der Waals surface area contributed by atoms with Crippen molar-refractivity contribution in [2.24, 2.45) is 0 Å². The third-order valence-electron chi connectivity index (χ3n) is 5.89. The van der Waals surface area contributed by atoms with E-state index in [2.05, 4.69) is 26.7 Å². The summed E-state index contributed by atoms with van der Waals surface area (Å²) in [6.07, 6.45) is 6.62. The molecule has 1 N–H and O–H groups in total. The molecule has 3 aromatic heterocycles. The fraction of sp³-hybridized carbons (Fsp3) is 0.650. The van der Waals surface area contributed by atoms with Crippen LogP contribution in [0.2, 0.25) is 0 Å². The Balaban J connectivity index is 1.50. The molecule has 2 saturated carbocycles. The van der Waals surface area contributed by atoms with Crippen LogP contribution in [-0.2, 0) is 18.8 Å². The number of fused-ring (bicyclic) bond motifs is 1. The minimum atomic E-state index is -0.386. The molecular weight excluding hydrogens is 402 g/mol. The highest BCUT2D eigenvalue weighted by Crippen LogP contribution is 2.46. The van der Waals surface area contributed by atoms with Gasteiger partial charge < -0.3 is 9.13 Å². The smallest absolute Gasteiger partial charge is 0.322 e. The highest BCUT2D eigenvalue weighted by Gasteiger charge is 2.36. The molecule has 2 aliphatic carbocycles. The summed E-state index contributed by atoms with van der Waals surface area (Å²) in [6.45, 7) is 5.24. The van der Waals surface area contributed by atoms with Gasteiger partial charge in [-0.25, -0.2) is 9.78 Å². The average Bonchev–Trinajstić information content (AvgIpc) is 3.66. The first-order valence-electron chi connectivity index (χ1n) is 10.9. The molecule has 30 heavy (non-hydrogen) atoms. The normalized spacial score (nSPS) is 16.6. The molecule has 0 aromatic carbocycles. The highest BCUT2D eigenvalue weighted by atomic mass is 32.2. The van der Waals surface area contributed by atoms with Crippen LogP contribution in [0.4, 0.5) is 0 Å². The van der Waals surface area contributed by atoms with Crippen LogP contribution in [0, 0.1) is 0 Å². The molecule has 10 heteroatoms. The van der Waals surface area contributed by atoms with Gasteiger partial charge in [-0.1, -0.05) is 25.1 Å². The molecule has 0 amide bonds. The van der Waals surface area contributed by atoms with Crippen molar-refractivity contribution in [3.05, 3.63) is 32.5 Å². The molecule has 0 bridgehead atoms. The molecule has 0 saturated heterocycles. The minimum absolute atomic E-state index is 0.370. The largest absolute Gasteiger partial charge is 0.330 e. The molecule has 0 aliphatic heterocycles. The molecule has 0 unspecified atom stereocenters. The van der Waals surface area contributed by atoms with Crippen LogP contribution in [0.3, 0.4) is 0 Å². The molecule has 160 valence electrons. The van der Waals surface area contributed by atoms with Crippen molar-refractivity contribution in [2.75, 3.05) is 0 Å². The van der Waals surface area contributed by atoms with E-state index in [0.717, 1.165) is 29.6 Å². The summed E-state index contributed by atoms with van der Waals surface area (Å²) in [4.78, 5) is 32.2. The zero-order valence-electron chi connectivity index (χ0n) is 17.4. The van der Waals surface area contributed by atoms with Gasteiger partial charge >= 0.3 is 5.69 Å². The molecule has 2 aliphatic rings. The van der Waals surface area contributed by atoms with Crippen LogP contribution in [0.5, 0.6) is 0 Å². The molecule has 3 aromatic rings.